The van der Waals surface area contributed by atoms with Crippen LogP contribution in [0.2, 0.25) is 0 Å². The Hall–Kier alpha value is 0.246. The van der Waals surface area contributed by atoms with Gasteiger partial charge in [-0.2, -0.15) is 0 Å². The maximum absolute atomic E-state index is 11.8. The Labute approximate surface area is 207 Å². The average Bonchev–Trinajstić information content (AvgIpc) is 2.61. The van der Waals surface area contributed by atoms with Gasteiger partial charge in [0.2, 0.25) is 0 Å². The summed E-state index contributed by atoms with van der Waals surface area (Å²) in [7, 11) is -4.45. The summed E-state index contributed by atoms with van der Waals surface area (Å²) >= 11 is 0. The van der Waals surface area contributed by atoms with Gasteiger partial charge in [0.25, 0.3) is 0 Å². The molecule has 2 aromatic rings. The molecule has 0 N–H and O–H groups in total. The second-order valence-electron chi connectivity index (χ2n) is 7.17. The van der Waals surface area contributed by atoms with Crippen molar-refractivity contribution in [3.05, 3.63) is 41.5 Å². The summed E-state index contributed by atoms with van der Waals surface area (Å²) in [5.41, 5.74) is 1.94. The molecule has 0 saturated heterocycles. The van der Waals surface area contributed by atoms with E-state index in [1.807, 2.05) is 0 Å². The minimum Gasteiger partial charge on any atom is -0.744 e. The van der Waals surface area contributed by atoms with Gasteiger partial charge in [-0.1, -0.05) is 76.6 Å². The van der Waals surface area contributed by atoms with E-state index in [-0.39, 0.29) is 56.3 Å². The maximum Gasteiger partial charge on any atom is 1.00 e. The first-order valence-electron chi connectivity index (χ1n) is 9.97. The molecule has 2 aromatic carbocycles. The van der Waals surface area contributed by atoms with E-state index in [1.165, 1.54) is 30.9 Å². The van der Waals surface area contributed by atoms with Crippen LogP contribution in [0.4, 0.5) is 0 Å². The Kier molecular flexibility index (Phi) is 11.9. The number of fused-ring (bicyclic) bond motifs is 1. The summed E-state index contributed by atoms with van der Waals surface area (Å²) in [6, 6.07) is 9.53. The van der Waals surface area contributed by atoms with Gasteiger partial charge < -0.3 is 4.55 Å². The number of aryl methyl sites for hydroxylation is 2. The second kappa shape index (κ2) is 12.7. The Morgan fingerprint density at radius 2 is 1.41 bits per heavy atom. The SMILES string of the molecule is CCCCCCc1ccc2ccc(S(=O)(=O)[O-])c(CCCCCC)c2c1.[K+]. The molecule has 0 aliphatic carbocycles. The van der Waals surface area contributed by atoms with Crippen LogP contribution >= 0.6 is 0 Å². The first-order valence-corrected chi connectivity index (χ1v) is 11.4. The van der Waals surface area contributed by atoms with Crippen molar-refractivity contribution in [2.75, 3.05) is 0 Å². The van der Waals surface area contributed by atoms with Crippen LogP contribution < -0.4 is 51.4 Å². The fourth-order valence-electron chi connectivity index (χ4n) is 3.54. The maximum atomic E-state index is 11.8. The summed E-state index contributed by atoms with van der Waals surface area (Å²) in [6.07, 6.45) is 10.7. The van der Waals surface area contributed by atoms with E-state index in [0.717, 1.165) is 49.3 Å². The van der Waals surface area contributed by atoms with E-state index >= 15 is 0 Å². The van der Waals surface area contributed by atoms with Gasteiger partial charge in [0, 0.05) is 0 Å². The van der Waals surface area contributed by atoms with Crippen molar-refractivity contribution in [3.63, 3.8) is 0 Å². The topological polar surface area (TPSA) is 57.2 Å². The molecular formula is C22H31KO3S. The van der Waals surface area contributed by atoms with Crippen LogP contribution in [0.25, 0.3) is 10.8 Å². The van der Waals surface area contributed by atoms with Gasteiger partial charge in [0.15, 0.2) is 0 Å². The first-order chi connectivity index (χ1) is 12.5. The Bertz CT molecular complexity index is 816. The molecule has 0 bridgehead atoms. The fraction of sp³-hybridized carbons (Fsp3) is 0.545. The van der Waals surface area contributed by atoms with Crippen molar-refractivity contribution in [3.8, 4) is 0 Å². The Balaban J connectivity index is 0.00000364. The van der Waals surface area contributed by atoms with Crippen LogP contribution in [0.3, 0.4) is 0 Å². The van der Waals surface area contributed by atoms with Crippen molar-refractivity contribution in [1.82, 2.24) is 0 Å². The third kappa shape index (κ3) is 7.88. The number of benzene rings is 2. The van der Waals surface area contributed by atoms with Crippen LogP contribution in [0.15, 0.2) is 35.2 Å². The van der Waals surface area contributed by atoms with Crippen molar-refractivity contribution >= 4 is 20.9 Å². The second-order valence-corrected chi connectivity index (χ2v) is 8.52. The Morgan fingerprint density at radius 3 is 2.00 bits per heavy atom. The molecule has 0 saturated carbocycles. The third-order valence-corrected chi connectivity index (χ3v) is 5.94. The van der Waals surface area contributed by atoms with Gasteiger partial charge in [-0.05, 0) is 53.6 Å². The van der Waals surface area contributed by atoms with E-state index in [0.29, 0.717) is 12.0 Å². The van der Waals surface area contributed by atoms with E-state index in [9.17, 15) is 13.0 Å². The van der Waals surface area contributed by atoms with E-state index in [1.54, 1.807) is 6.07 Å². The minimum absolute atomic E-state index is 0. The predicted octanol–water partition coefficient (Wildman–Crippen LogP) is 2.99. The minimum atomic E-state index is -4.45. The summed E-state index contributed by atoms with van der Waals surface area (Å²) in [5.74, 6) is 0. The molecule has 0 atom stereocenters. The monoisotopic (exact) mass is 414 g/mol. The summed E-state index contributed by atoms with van der Waals surface area (Å²) < 4.78 is 35.3. The van der Waals surface area contributed by atoms with E-state index in [2.05, 4.69) is 32.0 Å². The molecule has 144 valence electrons. The predicted molar refractivity (Wildman–Crippen MR) is 108 cm³/mol. The quantitative estimate of drug-likeness (QED) is 0.323. The van der Waals surface area contributed by atoms with Gasteiger partial charge in [-0.25, -0.2) is 8.42 Å². The molecular weight excluding hydrogens is 383 g/mol. The van der Waals surface area contributed by atoms with E-state index < -0.39 is 10.1 Å². The molecule has 5 heteroatoms. The molecule has 2 rings (SSSR count). The molecule has 0 fully saturated rings. The standard InChI is InChI=1S/C22H32O3S.K/c1-3-5-7-9-11-18-13-14-19-15-16-22(26(23,24)25)20(21(19)17-18)12-10-8-6-4-2;/h13-17H,3-12H2,1-2H3,(H,23,24,25);/q;+1/p-1. The number of hydrogen-bond acceptors (Lipinski definition) is 3. The van der Waals surface area contributed by atoms with Crippen molar-refractivity contribution < 1.29 is 64.4 Å². The molecule has 0 amide bonds. The fourth-order valence-corrected chi connectivity index (χ4v) is 4.29. The van der Waals surface area contributed by atoms with Crippen LogP contribution in [-0.4, -0.2) is 13.0 Å². The largest absolute Gasteiger partial charge is 1.00 e. The van der Waals surface area contributed by atoms with Crippen LogP contribution in [0.1, 0.15) is 76.3 Å². The number of hydrogen-bond donors (Lipinski definition) is 0. The Morgan fingerprint density at radius 1 is 0.815 bits per heavy atom. The average molecular weight is 415 g/mol. The summed E-state index contributed by atoms with van der Waals surface area (Å²) in [4.78, 5) is -0.0374. The molecule has 0 aromatic heterocycles. The van der Waals surface area contributed by atoms with Gasteiger partial charge in [0.1, 0.15) is 10.1 Å². The zero-order valence-electron chi connectivity index (χ0n) is 17.1. The van der Waals surface area contributed by atoms with Crippen LogP contribution in [0.5, 0.6) is 0 Å². The molecule has 0 aliphatic heterocycles. The number of rotatable bonds is 11. The third-order valence-electron chi connectivity index (χ3n) is 5.02. The summed E-state index contributed by atoms with van der Waals surface area (Å²) in [5, 5.41) is 1.95. The molecule has 0 spiro atoms. The van der Waals surface area contributed by atoms with E-state index in [4.69, 9.17) is 0 Å². The molecule has 0 unspecified atom stereocenters. The van der Waals surface area contributed by atoms with Gasteiger partial charge in [0.05, 0.1) is 4.90 Å². The summed E-state index contributed by atoms with van der Waals surface area (Å²) in [6.45, 7) is 4.35. The van der Waals surface area contributed by atoms with Gasteiger partial charge in [-0.3, -0.25) is 0 Å². The first kappa shape index (κ1) is 25.3. The zero-order valence-corrected chi connectivity index (χ0v) is 21.0. The van der Waals surface area contributed by atoms with Gasteiger partial charge in [-0.15, -0.1) is 0 Å². The van der Waals surface area contributed by atoms with Gasteiger partial charge >= 0.3 is 51.4 Å². The molecule has 0 aliphatic rings. The van der Waals surface area contributed by atoms with Crippen LogP contribution in [-0.2, 0) is 23.0 Å². The smallest absolute Gasteiger partial charge is 0.744 e. The number of unbranched alkanes of at least 4 members (excludes halogenated alkanes) is 6. The normalized spacial score (nSPS) is 11.5. The van der Waals surface area contributed by atoms with Crippen molar-refractivity contribution in [1.29, 1.82) is 0 Å². The zero-order chi connectivity index (χ0) is 19.0. The molecule has 0 radical (unpaired) electrons. The van der Waals surface area contributed by atoms with Crippen molar-refractivity contribution in [2.24, 2.45) is 0 Å². The molecule has 27 heavy (non-hydrogen) atoms. The van der Waals surface area contributed by atoms with Crippen LogP contribution in [0, 0.1) is 0 Å². The molecule has 3 nitrogen and oxygen atoms in total. The molecule has 0 heterocycles. The van der Waals surface area contributed by atoms with Crippen molar-refractivity contribution in [2.45, 2.75) is 83.0 Å².